The number of likely N-dealkylation sites (N-methyl/N-ethyl adjacent to an activating group) is 1. The highest BCUT2D eigenvalue weighted by molar-refractivity contribution is 5.86. The van der Waals surface area contributed by atoms with Crippen LogP contribution in [0.4, 0.5) is 0 Å². The molecule has 1 unspecified atom stereocenters. The lowest BCUT2D eigenvalue weighted by Gasteiger charge is -2.21. The SMILES string of the molecule is C=C1NC(CC(C)(C)C)C(=O)N1C. The molecule has 0 aromatic carbocycles. The molecule has 1 saturated heterocycles. The number of hydrogen-bond acceptors (Lipinski definition) is 2. The van der Waals surface area contributed by atoms with Crippen molar-refractivity contribution in [2.24, 2.45) is 5.41 Å². The molecule has 0 aromatic heterocycles. The van der Waals surface area contributed by atoms with Gasteiger partial charge in [0.15, 0.2) is 0 Å². The van der Waals surface area contributed by atoms with Gasteiger partial charge in [0.05, 0.1) is 0 Å². The topological polar surface area (TPSA) is 32.3 Å². The van der Waals surface area contributed by atoms with Crippen LogP contribution in [0.25, 0.3) is 0 Å². The normalized spacial score (nSPS) is 23.7. The van der Waals surface area contributed by atoms with Crippen LogP contribution in [0.15, 0.2) is 12.4 Å². The van der Waals surface area contributed by atoms with E-state index in [9.17, 15) is 4.79 Å². The van der Waals surface area contributed by atoms with Crippen LogP contribution < -0.4 is 5.32 Å². The average Bonchev–Trinajstić information content (AvgIpc) is 2.15. The molecule has 0 bridgehead atoms. The Morgan fingerprint density at radius 2 is 2.08 bits per heavy atom. The van der Waals surface area contributed by atoms with Gasteiger partial charge < -0.3 is 10.2 Å². The molecule has 74 valence electrons. The van der Waals surface area contributed by atoms with Crippen LogP contribution in [-0.2, 0) is 4.79 Å². The number of amides is 1. The van der Waals surface area contributed by atoms with E-state index in [-0.39, 0.29) is 17.4 Å². The molecule has 1 rings (SSSR count). The fourth-order valence-corrected chi connectivity index (χ4v) is 1.48. The highest BCUT2D eigenvalue weighted by atomic mass is 16.2. The van der Waals surface area contributed by atoms with Crippen LogP contribution in [0.1, 0.15) is 27.2 Å². The van der Waals surface area contributed by atoms with Crippen molar-refractivity contribution in [1.82, 2.24) is 10.2 Å². The van der Waals surface area contributed by atoms with Crippen molar-refractivity contribution in [3.8, 4) is 0 Å². The minimum absolute atomic E-state index is 0.0856. The standard InChI is InChI=1S/C10H18N2O/c1-7-11-8(6-10(2,3)4)9(13)12(7)5/h8,11H,1,6H2,2-5H3. The first-order chi connectivity index (χ1) is 5.81. The van der Waals surface area contributed by atoms with E-state index in [1.54, 1.807) is 11.9 Å². The molecule has 1 fully saturated rings. The zero-order valence-electron chi connectivity index (χ0n) is 8.85. The quantitative estimate of drug-likeness (QED) is 0.663. The lowest BCUT2D eigenvalue weighted by Crippen LogP contribution is -2.32. The summed E-state index contributed by atoms with van der Waals surface area (Å²) in [6.45, 7) is 10.1. The van der Waals surface area contributed by atoms with Gasteiger partial charge >= 0.3 is 0 Å². The van der Waals surface area contributed by atoms with E-state index in [0.29, 0.717) is 5.82 Å². The molecule has 0 radical (unpaired) electrons. The van der Waals surface area contributed by atoms with E-state index in [1.807, 2.05) is 0 Å². The van der Waals surface area contributed by atoms with Crippen molar-refractivity contribution < 1.29 is 4.79 Å². The minimum atomic E-state index is -0.0856. The predicted octanol–water partition coefficient (Wildman–Crippen LogP) is 1.32. The summed E-state index contributed by atoms with van der Waals surface area (Å²) in [6, 6.07) is -0.0856. The molecule has 0 aromatic rings. The Kier molecular flexibility index (Phi) is 2.37. The maximum atomic E-state index is 11.6. The Labute approximate surface area is 79.8 Å². The third kappa shape index (κ3) is 2.23. The number of nitrogens with zero attached hydrogens (tertiary/aromatic N) is 1. The van der Waals surface area contributed by atoms with Crippen LogP contribution >= 0.6 is 0 Å². The molecule has 0 saturated carbocycles. The van der Waals surface area contributed by atoms with Crippen LogP contribution in [0.5, 0.6) is 0 Å². The Morgan fingerprint density at radius 3 is 2.38 bits per heavy atom. The first-order valence-electron chi connectivity index (χ1n) is 4.54. The van der Waals surface area contributed by atoms with Gasteiger partial charge in [0.1, 0.15) is 11.9 Å². The largest absolute Gasteiger partial charge is 0.360 e. The van der Waals surface area contributed by atoms with Crippen molar-refractivity contribution in [2.75, 3.05) is 7.05 Å². The number of carbonyl (C=O) groups is 1. The second-order valence-corrected chi connectivity index (χ2v) is 4.81. The molecule has 1 aliphatic heterocycles. The molecule has 1 N–H and O–H groups in total. The number of hydrogen-bond donors (Lipinski definition) is 1. The Balaban J connectivity index is 2.65. The van der Waals surface area contributed by atoms with Crippen molar-refractivity contribution in [3.63, 3.8) is 0 Å². The summed E-state index contributed by atoms with van der Waals surface area (Å²) in [5.41, 5.74) is 0.165. The second kappa shape index (κ2) is 3.05. The zero-order valence-corrected chi connectivity index (χ0v) is 8.85. The molecular formula is C10H18N2O. The summed E-state index contributed by atoms with van der Waals surface area (Å²) < 4.78 is 0. The third-order valence-electron chi connectivity index (χ3n) is 2.19. The lowest BCUT2D eigenvalue weighted by atomic mass is 9.88. The van der Waals surface area contributed by atoms with Gasteiger partial charge in [0.2, 0.25) is 5.91 Å². The number of carbonyl (C=O) groups excluding carboxylic acids is 1. The van der Waals surface area contributed by atoms with E-state index in [4.69, 9.17) is 0 Å². The summed E-state index contributed by atoms with van der Waals surface area (Å²) >= 11 is 0. The van der Waals surface area contributed by atoms with Gasteiger partial charge in [-0.25, -0.2) is 0 Å². The van der Waals surface area contributed by atoms with Gasteiger partial charge in [0.25, 0.3) is 0 Å². The van der Waals surface area contributed by atoms with E-state index in [2.05, 4.69) is 32.7 Å². The van der Waals surface area contributed by atoms with Gasteiger partial charge in [-0.15, -0.1) is 0 Å². The molecule has 3 nitrogen and oxygen atoms in total. The first-order valence-corrected chi connectivity index (χ1v) is 4.54. The van der Waals surface area contributed by atoms with Crippen LogP contribution in [-0.4, -0.2) is 23.9 Å². The monoisotopic (exact) mass is 182 g/mol. The predicted molar refractivity (Wildman–Crippen MR) is 52.9 cm³/mol. The van der Waals surface area contributed by atoms with Gasteiger partial charge in [-0.3, -0.25) is 4.79 Å². The van der Waals surface area contributed by atoms with Crippen LogP contribution in [0.2, 0.25) is 0 Å². The summed E-state index contributed by atoms with van der Waals surface area (Å²) in [6.07, 6.45) is 0.842. The highest BCUT2D eigenvalue weighted by Crippen LogP contribution is 2.24. The Morgan fingerprint density at radius 1 is 1.54 bits per heavy atom. The van der Waals surface area contributed by atoms with E-state index >= 15 is 0 Å². The molecule has 0 aliphatic carbocycles. The fourth-order valence-electron chi connectivity index (χ4n) is 1.48. The van der Waals surface area contributed by atoms with Crippen LogP contribution in [0, 0.1) is 5.41 Å². The van der Waals surface area contributed by atoms with E-state index < -0.39 is 0 Å². The highest BCUT2D eigenvalue weighted by Gasteiger charge is 2.33. The third-order valence-corrected chi connectivity index (χ3v) is 2.19. The summed E-state index contributed by atoms with van der Waals surface area (Å²) in [4.78, 5) is 13.2. The molecule has 3 heteroatoms. The lowest BCUT2D eigenvalue weighted by molar-refractivity contribution is -0.127. The van der Waals surface area contributed by atoms with Crippen LogP contribution in [0.3, 0.4) is 0 Å². The first kappa shape index (κ1) is 10.1. The van der Waals surface area contributed by atoms with Gasteiger partial charge in [0, 0.05) is 7.05 Å². The molecule has 0 spiro atoms. The smallest absolute Gasteiger partial charge is 0.250 e. The summed E-state index contributed by atoms with van der Waals surface area (Å²) in [5, 5.41) is 3.09. The molecule has 1 amide bonds. The van der Waals surface area contributed by atoms with Gasteiger partial charge in [-0.2, -0.15) is 0 Å². The van der Waals surface area contributed by atoms with Crippen molar-refractivity contribution in [2.45, 2.75) is 33.2 Å². The molecule has 13 heavy (non-hydrogen) atoms. The second-order valence-electron chi connectivity index (χ2n) is 4.81. The summed E-state index contributed by atoms with van der Waals surface area (Å²) in [7, 11) is 1.75. The number of nitrogens with one attached hydrogen (secondary N) is 1. The average molecular weight is 182 g/mol. The Bertz CT molecular complexity index is 240. The maximum Gasteiger partial charge on any atom is 0.250 e. The van der Waals surface area contributed by atoms with E-state index in [1.165, 1.54) is 0 Å². The minimum Gasteiger partial charge on any atom is -0.360 e. The molecule has 1 aliphatic rings. The van der Waals surface area contributed by atoms with E-state index in [0.717, 1.165) is 6.42 Å². The Hall–Kier alpha value is -0.990. The summed E-state index contributed by atoms with van der Waals surface area (Å²) in [5.74, 6) is 0.833. The van der Waals surface area contributed by atoms with Crippen molar-refractivity contribution >= 4 is 5.91 Å². The maximum absolute atomic E-state index is 11.6. The van der Waals surface area contributed by atoms with Crippen molar-refractivity contribution in [1.29, 1.82) is 0 Å². The zero-order chi connectivity index (χ0) is 10.2. The fraction of sp³-hybridized carbons (Fsp3) is 0.700. The van der Waals surface area contributed by atoms with Crippen molar-refractivity contribution in [3.05, 3.63) is 12.4 Å². The van der Waals surface area contributed by atoms with Gasteiger partial charge in [-0.1, -0.05) is 27.4 Å². The van der Waals surface area contributed by atoms with Gasteiger partial charge in [-0.05, 0) is 11.8 Å². The molecule has 1 atom stereocenters. The number of rotatable bonds is 1. The molecular weight excluding hydrogens is 164 g/mol. The molecule has 1 heterocycles.